The van der Waals surface area contributed by atoms with Crippen molar-refractivity contribution in [3.63, 3.8) is 0 Å². The zero-order chi connectivity index (χ0) is 21.4. The number of ketones is 1. The van der Waals surface area contributed by atoms with E-state index in [9.17, 15) is 19.2 Å². The van der Waals surface area contributed by atoms with Crippen LogP contribution in [0.25, 0.3) is 0 Å². The molecule has 0 heterocycles. The molecule has 2 N–H and O–H groups in total. The summed E-state index contributed by atoms with van der Waals surface area (Å²) >= 11 is 0. The van der Waals surface area contributed by atoms with E-state index in [0.717, 1.165) is 5.56 Å². The molecule has 0 radical (unpaired) electrons. The van der Waals surface area contributed by atoms with E-state index in [1.54, 1.807) is 19.1 Å². The molecule has 0 aliphatic carbocycles. The van der Waals surface area contributed by atoms with Crippen LogP contribution >= 0.6 is 0 Å². The highest BCUT2D eigenvalue weighted by Crippen LogP contribution is 2.16. The molecule has 152 valence electrons. The molecule has 7 heteroatoms. The first-order valence-electron chi connectivity index (χ1n) is 9.25. The van der Waals surface area contributed by atoms with Crippen molar-refractivity contribution in [1.29, 1.82) is 0 Å². The summed E-state index contributed by atoms with van der Waals surface area (Å²) in [6.45, 7) is 5.18. The summed E-state index contributed by atoms with van der Waals surface area (Å²) in [6.07, 6.45) is -0.268. The van der Waals surface area contributed by atoms with Gasteiger partial charge in [0.05, 0.1) is 12.2 Å². The third kappa shape index (κ3) is 6.57. The summed E-state index contributed by atoms with van der Waals surface area (Å²) in [4.78, 5) is 48.3. The number of aryl methyl sites for hydroxylation is 1. The third-order valence-corrected chi connectivity index (χ3v) is 4.20. The van der Waals surface area contributed by atoms with Gasteiger partial charge in [-0.3, -0.25) is 14.4 Å². The maximum atomic E-state index is 12.5. The average molecular weight is 396 g/mol. The number of carbonyl (C=O) groups excluding carboxylic acids is 4. The van der Waals surface area contributed by atoms with Gasteiger partial charge in [-0.1, -0.05) is 17.7 Å². The quantitative estimate of drug-likeness (QED) is 0.526. The highest BCUT2D eigenvalue weighted by molar-refractivity contribution is 6.09. The molecule has 0 saturated carbocycles. The summed E-state index contributed by atoms with van der Waals surface area (Å²) in [5, 5.41) is 5.29. The Morgan fingerprint density at radius 1 is 0.897 bits per heavy atom. The van der Waals surface area contributed by atoms with Gasteiger partial charge in [-0.25, -0.2) is 4.79 Å². The molecule has 2 rings (SSSR count). The van der Waals surface area contributed by atoms with Gasteiger partial charge in [0.15, 0.2) is 0 Å². The molecule has 1 unspecified atom stereocenters. The zero-order valence-corrected chi connectivity index (χ0v) is 16.7. The molecule has 2 aromatic rings. The fraction of sp³-hybridized carbons (Fsp3) is 0.273. The standard InChI is InChI=1S/C22H24N2O5/c1-4-29-22(28)16-7-11-18(12-8-16)24-21(27)19(15(3)25)13-20(26)23-17-9-5-14(2)6-10-17/h5-12,19H,4,13H2,1-3H3,(H,23,26)(H,24,27). The van der Waals surface area contributed by atoms with Crippen LogP contribution in [0.4, 0.5) is 11.4 Å². The Hall–Kier alpha value is -3.48. The Labute approximate surface area is 169 Å². The second-order valence-corrected chi connectivity index (χ2v) is 6.57. The van der Waals surface area contributed by atoms with E-state index in [-0.39, 0.29) is 13.0 Å². The normalized spacial score (nSPS) is 11.3. The van der Waals surface area contributed by atoms with E-state index in [1.807, 2.05) is 19.1 Å². The van der Waals surface area contributed by atoms with Gasteiger partial charge < -0.3 is 15.4 Å². The molecule has 2 amide bonds. The van der Waals surface area contributed by atoms with Gasteiger partial charge in [0.25, 0.3) is 0 Å². The first kappa shape index (κ1) is 21.8. The number of benzene rings is 2. The van der Waals surface area contributed by atoms with Gasteiger partial charge >= 0.3 is 5.97 Å². The predicted molar refractivity (Wildman–Crippen MR) is 110 cm³/mol. The lowest BCUT2D eigenvalue weighted by Gasteiger charge is -2.14. The largest absolute Gasteiger partial charge is 0.462 e. The Morgan fingerprint density at radius 2 is 1.45 bits per heavy atom. The van der Waals surface area contributed by atoms with Crippen molar-refractivity contribution >= 4 is 34.9 Å². The minimum Gasteiger partial charge on any atom is -0.462 e. The van der Waals surface area contributed by atoms with E-state index in [1.165, 1.54) is 31.2 Å². The number of rotatable bonds is 8. The summed E-state index contributed by atoms with van der Waals surface area (Å²) in [6, 6.07) is 13.3. The van der Waals surface area contributed by atoms with Gasteiger partial charge in [0.2, 0.25) is 11.8 Å². The van der Waals surface area contributed by atoms with Crippen LogP contribution in [0.5, 0.6) is 0 Å². The minimum absolute atomic E-state index is 0.266. The summed E-state index contributed by atoms with van der Waals surface area (Å²) < 4.78 is 4.90. The van der Waals surface area contributed by atoms with E-state index >= 15 is 0 Å². The van der Waals surface area contributed by atoms with Crippen molar-refractivity contribution in [3.8, 4) is 0 Å². The zero-order valence-electron chi connectivity index (χ0n) is 16.7. The SMILES string of the molecule is CCOC(=O)c1ccc(NC(=O)C(CC(=O)Nc2ccc(C)cc2)C(C)=O)cc1. The Balaban J connectivity index is 1.99. The molecule has 7 nitrogen and oxygen atoms in total. The number of Topliss-reactive ketones (excluding diaryl/α,β-unsaturated/α-hetero) is 1. The van der Waals surface area contributed by atoms with Gasteiger partial charge in [-0.15, -0.1) is 0 Å². The van der Waals surface area contributed by atoms with Crippen LogP contribution in [0.1, 0.15) is 36.2 Å². The van der Waals surface area contributed by atoms with Crippen molar-refractivity contribution in [1.82, 2.24) is 0 Å². The number of anilines is 2. The van der Waals surface area contributed by atoms with Crippen molar-refractivity contribution < 1.29 is 23.9 Å². The number of hydrogen-bond acceptors (Lipinski definition) is 5. The van der Waals surface area contributed by atoms with Gasteiger partial charge in [0, 0.05) is 17.8 Å². The van der Waals surface area contributed by atoms with Crippen LogP contribution in [0, 0.1) is 12.8 Å². The molecule has 0 bridgehead atoms. The molecule has 0 aromatic heterocycles. The molecule has 0 spiro atoms. The molecule has 0 fully saturated rings. The van der Waals surface area contributed by atoms with Crippen molar-refractivity contribution in [2.45, 2.75) is 27.2 Å². The maximum Gasteiger partial charge on any atom is 0.338 e. The highest BCUT2D eigenvalue weighted by Gasteiger charge is 2.26. The van der Waals surface area contributed by atoms with Crippen LogP contribution < -0.4 is 10.6 Å². The lowest BCUT2D eigenvalue weighted by Crippen LogP contribution is -2.32. The van der Waals surface area contributed by atoms with E-state index < -0.39 is 29.5 Å². The van der Waals surface area contributed by atoms with E-state index in [2.05, 4.69) is 10.6 Å². The topological polar surface area (TPSA) is 102 Å². The second-order valence-electron chi connectivity index (χ2n) is 6.57. The Morgan fingerprint density at radius 3 is 2.00 bits per heavy atom. The van der Waals surface area contributed by atoms with Crippen LogP contribution in [0.15, 0.2) is 48.5 Å². The molecule has 0 saturated heterocycles. The Kier molecular flexibility index (Phi) is 7.65. The molecule has 29 heavy (non-hydrogen) atoms. The molecular weight excluding hydrogens is 372 g/mol. The molecule has 0 aliphatic rings. The molecule has 0 aliphatic heterocycles. The summed E-state index contributed by atoms with van der Waals surface area (Å²) in [5.74, 6) is -3.00. The Bertz CT molecular complexity index is 888. The van der Waals surface area contributed by atoms with Crippen molar-refractivity contribution in [2.24, 2.45) is 5.92 Å². The first-order chi connectivity index (χ1) is 13.8. The van der Waals surface area contributed by atoms with Crippen LogP contribution in [-0.2, 0) is 19.1 Å². The van der Waals surface area contributed by atoms with E-state index in [4.69, 9.17) is 4.74 Å². The van der Waals surface area contributed by atoms with Gasteiger partial charge in [-0.2, -0.15) is 0 Å². The van der Waals surface area contributed by atoms with E-state index in [0.29, 0.717) is 16.9 Å². The predicted octanol–water partition coefficient (Wildman–Crippen LogP) is 3.34. The fourth-order valence-corrected chi connectivity index (χ4v) is 2.59. The molecule has 2 aromatic carbocycles. The van der Waals surface area contributed by atoms with Crippen LogP contribution in [0.2, 0.25) is 0 Å². The summed E-state index contributed by atoms with van der Waals surface area (Å²) in [7, 11) is 0. The monoisotopic (exact) mass is 396 g/mol. The van der Waals surface area contributed by atoms with Gasteiger partial charge in [0.1, 0.15) is 11.7 Å². The number of amides is 2. The average Bonchev–Trinajstić information content (AvgIpc) is 2.68. The summed E-state index contributed by atoms with van der Waals surface area (Å²) in [5.41, 5.74) is 2.41. The highest BCUT2D eigenvalue weighted by atomic mass is 16.5. The number of ether oxygens (including phenoxy) is 1. The number of nitrogens with one attached hydrogen (secondary N) is 2. The van der Waals surface area contributed by atoms with Crippen LogP contribution in [0.3, 0.4) is 0 Å². The molecule has 1 atom stereocenters. The van der Waals surface area contributed by atoms with Gasteiger partial charge in [-0.05, 0) is 57.2 Å². The van der Waals surface area contributed by atoms with Crippen molar-refractivity contribution in [2.75, 3.05) is 17.2 Å². The smallest absolute Gasteiger partial charge is 0.338 e. The minimum atomic E-state index is -1.12. The lowest BCUT2D eigenvalue weighted by atomic mass is 9.99. The van der Waals surface area contributed by atoms with Crippen molar-refractivity contribution in [3.05, 3.63) is 59.7 Å². The molecular formula is C22H24N2O5. The number of carbonyl (C=O) groups is 4. The number of hydrogen-bond donors (Lipinski definition) is 2. The third-order valence-electron chi connectivity index (χ3n) is 4.20. The van der Waals surface area contributed by atoms with Crippen LogP contribution in [-0.4, -0.2) is 30.2 Å². The lowest BCUT2D eigenvalue weighted by molar-refractivity contribution is -0.133. The number of esters is 1. The first-order valence-corrected chi connectivity index (χ1v) is 9.25. The second kappa shape index (κ2) is 10.2. The maximum absolute atomic E-state index is 12.5. The fourth-order valence-electron chi connectivity index (χ4n) is 2.59.